The molecular weight excluding hydrogens is 315 g/mol. The molecule has 0 aliphatic carbocycles. The zero-order valence-electron chi connectivity index (χ0n) is 9.55. The molecule has 1 rings (SSSR count). The number of rotatable bonds is 5. The smallest absolute Gasteiger partial charge is 0.311 e. The predicted molar refractivity (Wildman–Crippen MR) is 62.1 cm³/mol. The van der Waals surface area contributed by atoms with Gasteiger partial charge >= 0.3 is 5.97 Å². The molecule has 0 aromatic carbocycles. The maximum absolute atomic E-state index is 13.3. The van der Waals surface area contributed by atoms with Gasteiger partial charge in [-0.2, -0.15) is 0 Å². The fourth-order valence-corrected chi connectivity index (χ4v) is 2.09. The molecule has 18 heavy (non-hydrogen) atoms. The second kappa shape index (κ2) is 6.72. The number of pyridine rings is 1. The normalized spacial score (nSPS) is 10.8. The van der Waals surface area contributed by atoms with Crippen molar-refractivity contribution in [1.29, 1.82) is 0 Å². The molecule has 1 heterocycles. The molecule has 0 spiro atoms. The first-order chi connectivity index (χ1) is 8.51. The molecule has 0 saturated heterocycles. The summed E-state index contributed by atoms with van der Waals surface area (Å²) in [5.41, 5.74) is -0.624. The van der Waals surface area contributed by atoms with Crippen LogP contribution in [0.25, 0.3) is 0 Å². The summed E-state index contributed by atoms with van der Waals surface area (Å²) < 4.78 is 43.4. The summed E-state index contributed by atoms with van der Waals surface area (Å²) in [5.74, 6) is -1.66. The van der Waals surface area contributed by atoms with Crippen molar-refractivity contribution in [3.8, 4) is 0 Å². The molecule has 0 radical (unpaired) electrons. The van der Waals surface area contributed by atoms with E-state index in [0.29, 0.717) is 6.20 Å². The van der Waals surface area contributed by atoms with E-state index in [1.54, 1.807) is 6.92 Å². The van der Waals surface area contributed by atoms with Crippen LogP contribution in [0.2, 0.25) is 0 Å². The lowest BCUT2D eigenvalue weighted by molar-refractivity contribution is -0.142. The monoisotopic (exact) mass is 325 g/mol. The van der Waals surface area contributed by atoms with Gasteiger partial charge in [-0.3, -0.25) is 9.78 Å². The Morgan fingerprint density at radius 1 is 1.56 bits per heavy atom. The molecule has 0 saturated carbocycles. The summed E-state index contributed by atoms with van der Waals surface area (Å²) >= 11 is 3.00. The Morgan fingerprint density at radius 2 is 2.22 bits per heavy atom. The van der Waals surface area contributed by atoms with Crippen LogP contribution >= 0.6 is 15.9 Å². The molecule has 0 amide bonds. The number of hydrogen-bond donors (Lipinski definition) is 0. The Labute approximate surface area is 110 Å². The van der Waals surface area contributed by atoms with E-state index in [4.69, 9.17) is 4.74 Å². The molecule has 3 nitrogen and oxygen atoms in total. The van der Waals surface area contributed by atoms with Crippen LogP contribution in [0.3, 0.4) is 0 Å². The topological polar surface area (TPSA) is 39.2 Å². The van der Waals surface area contributed by atoms with Crippen molar-refractivity contribution in [1.82, 2.24) is 4.98 Å². The quantitative estimate of drug-likeness (QED) is 0.616. The van der Waals surface area contributed by atoms with Crippen molar-refractivity contribution in [3.63, 3.8) is 0 Å². The van der Waals surface area contributed by atoms with E-state index in [1.807, 2.05) is 0 Å². The van der Waals surface area contributed by atoms with Gasteiger partial charge in [0.25, 0.3) is 6.43 Å². The van der Waals surface area contributed by atoms with E-state index in [1.165, 1.54) is 0 Å². The van der Waals surface area contributed by atoms with Gasteiger partial charge in [-0.25, -0.2) is 13.2 Å². The molecule has 0 fully saturated rings. The molecule has 0 atom stereocenters. The van der Waals surface area contributed by atoms with Gasteiger partial charge in [0, 0.05) is 5.33 Å². The number of hydrogen-bond acceptors (Lipinski definition) is 3. The number of carbonyl (C=O) groups is 1. The first-order valence-corrected chi connectivity index (χ1v) is 6.29. The minimum Gasteiger partial charge on any atom is -0.466 e. The van der Waals surface area contributed by atoms with Crippen LogP contribution in [-0.2, 0) is 21.3 Å². The third-order valence-electron chi connectivity index (χ3n) is 2.23. The number of esters is 1. The van der Waals surface area contributed by atoms with Crippen LogP contribution in [0, 0.1) is 5.82 Å². The highest BCUT2D eigenvalue weighted by atomic mass is 79.9. The summed E-state index contributed by atoms with van der Waals surface area (Å²) in [7, 11) is 0. The SMILES string of the molecule is CCOC(=O)Cc1ncc(F)c(C(F)F)c1CBr. The average molecular weight is 326 g/mol. The van der Waals surface area contributed by atoms with Gasteiger partial charge in [0.05, 0.1) is 30.5 Å². The number of nitrogens with zero attached hydrogens (tertiary/aromatic N) is 1. The van der Waals surface area contributed by atoms with Gasteiger partial charge in [-0.15, -0.1) is 0 Å². The van der Waals surface area contributed by atoms with Crippen molar-refractivity contribution < 1.29 is 22.7 Å². The highest BCUT2D eigenvalue weighted by Gasteiger charge is 2.22. The fourth-order valence-electron chi connectivity index (χ4n) is 1.47. The third-order valence-corrected chi connectivity index (χ3v) is 2.79. The predicted octanol–water partition coefficient (Wildman–Crippen LogP) is 3.16. The lowest BCUT2D eigenvalue weighted by Gasteiger charge is -2.12. The lowest BCUT2D eigenvalue weighted by Crippen LogP contribution is -2.13. The number of halogens is 4. The Kier molecular flexibility index (Phi) is 5.58. The average Bonchev–Trinajstić information content (AvgIpc) is 2.30. The van der Waals surface area contributed by atoms with Crippen molar-refractivity contribution in [2.75, 3.05) is 6.61 Å². The Hall–Kier alpha value is -1.11. The standard InChI is InChI=1S/C11H11BrF3NO2/c1-2-18-9(17)3-8-6(4-12)10(11(14)15)7(13)5-16-8/h5,11H,2-4H2,1H3. The Balaban J connectivity index is 3.13. The molecule has 0 unspecified atom stereocenters. The van der Waals surface area contributed by atoms with Gasteiger partial charge in [0.2, 0.25) is 0 Å². The van der Waals surface area contributed by atoms with E-state index in [0.717, 1.165) is 0 Å². The molecule has 0 bridgehead atoms. The van der Waals surface area contributed by atoms with E-state index < -0.39 is 23.8 Å². The van der Waals surface area contributed by atoms with Gasteiger partial charge in [0.15, 0.2) is 5.82 Å². The van der Waals surface area contributed by atoms with Crippen LogP contribution in [0.4, 0.5) is 13.2 Å². The second-order valence-electron chi connectivity index (χ2n) is 3.36. The summed E-state index contributed by atoms with van der Waals surface area (Å²) in [4.78, 5) is 15.0. The summed E-state index contributed by atoms with van der Waals surface area (Å²) in [5, 5.41) is -0.00777. The Bertz CT molecular complexity index is 441. The molecular formula is C11H11BrF3NO2. The largest absolute Gasteiger partial charge is 0.466 e. The number of ether oxygens (including phenoxy) is 1. The van der Waals surface area contributed by atoms with Gasteiger partial charge < -0.3 is 4.74 Å². The highest BCUT2D eigenvalue weighted by molar-refractivity contribution is 9.08. The molecule has 1 aromatic rings. The van der Waals surface area contributed by atoms with E-state index >= 15 is 0 Å². The second-order valence-corrected chi connectivity index (χ2v) is 3.92. The molecule has 0 N–H and O–H groups in total. The van der Waals surface area contributed by atoms with Crippen LogP contribution in [0.15, 0.2) is 6.20 Å². The molecule has 0 aliphatic rings. The van der Waals surface area contributed by atoms with E-state index in [2.05, 4.69) is 20.9 Å². The number of aromatic nitrogens is 1. The van der Waals surface area contributed by atoms with Crippen LogP contribution in [0.5, 0.6) is 0 Å². The summed E-state index contributed by atoms with van der Waals surface area (Å²) in [6, 6.07) is 0. The number of alkyl halides is 3. The maximum Gasteiger partial charge on any atom is 0.311 e. The van der Waals surface area contributed by atoms with Crippen molar-refractivity contribution in [2.45, 2.75) is 25.1 Å². The first kappa shape index (κ1) is 14.9. The zero-order valence-corrected chi connectivity index (χ0v) is 11.1. The van der Waals surface area contributed by atoms with Crippen LogP contribution < -0.4 is 0 Å². The van der Waals surface area contributed by atoms with Crippen LogP contribution in [-0.4, -0.2) is 17.6 Å². The molecule has 1 aromatic heterocycles. The maximum atomic E-state index is 13.3. The molecule has 0 aliphatic heterocycles. The number of carbonyl (C=O) groups excluding carboxylic acids is 1. The van der Waals surface area contributed by atoms with Gasteiger partial charge in [-0.05, 0) is 12.5 Å². The molecule has 100 valence electrons. The minimum absolute atomic E-state index is 0.00180. The fraction of sp³-hybridized carbons (Fsp3) is 0.455. The minimum atomic E-state index is -2.96. The highest BCUT2D eigenvalue weighted by Crippen LogP contribution is 2.29. The van der Waals surface area contributed by atoms with Crippen molar-refractivity contribution in [2.24, 2.45) is 0 Å². The van der Waals surface area contributed by atoms with Crippen molar-refractivity contribution >= 4 is 21.9 Å². The molecule has 7 heteroatoms. The van der Waals surface area contributed by atoms with E-state index in [-0.39, 0.29) is 29.6 Å². The zero-order chi connectivity index (χ0) is 13.7. The van der Waals surface area contributed by atoms with Crippen LogP contribution in [0.1, 0.15) is 30.2 Å². The summed E-state index contributed by atoms with van der Waals surface area (Å²) in [6.07, 6.45) is -2.52. The summed E-state index contributed by atoms with van der Waals surface area (Å²) in [6.45, 7) is 1.82. The first-order valence-electron chi connectivity index (χ1n) is 5.17. The van der Waals surface area contributed by atoms with Gasteiger partial charge in [0.1, 0.15) is 0 Å². The third kappa shape index (κ3) is 3.44. The Morgan fingerprint density at radius 3 is 2.72 bits per heavy atom. The van der Waals surface area contributed by atoms with Crippen molar-refractivity contribution in [3.05, 3.63) is 28.8 Å². The van der Waals surface area contributed by atoms with Gasteiger partial charge in [-0.1, -0.05) is 15.9 Å². The lowest BCUT2D eigenvalue weighted by atomic mass is 10.1. The van der Waals surface area contributed by atoms with E-state index in [9.17, 15) is 18.0 Å².